The fourth-order valence-electron chi connectivity index (χ4n) is 2.21. The molecule has 4 heteroatoms. The number of rotatable bonds is 4. The summed E-state index contributed by atoms with van der Waals surface area (Å²) in [4.78, 5) is 0. The minimum atomic E-state index is -0.405. The predicted molar refractivity (Wildman–Crippen MR) is 61.1 cm³/mol. The van der Waals surface area contributed by atoms with Gasteiger partial charge in [0.2, 0.25) is 0 Å². The van der Waals surface area contributed by atoms with Crippen molar-refractivity contribution in [2.24, 2.45) is 7.05 Å². The predicted octanol–water partition coefficient (Wildman–Crippen LogP) is 1.72. The molecule has 0 aromatic carbocycles. The van der Waals surface area contributed by atoms with Gasteiger partial charge in [-0.1, -0.05) is 0 Å². The second kappa shape index (κ2) is 4.97. The van der Waals surface area contributed by atoms with Crippen LogP contribution in [0, 0.1) is 6.92 Å². The van der Waals surface area contributed by atoms with Crippen molar-refractivity contribution >= 4 is 0 Å². The highest BCUT2D eigenvalue weighted by molar-refractivity contribution is 5.18. The molecular weight excluding hydrogens is 204 g/mol. The minimum absolute atomic E-state index is 0.353. The number of aliphatic hydroxyl groups excluding tert-OH is 1. The van der Waals surface area contributed by atoms with Gasteiger partial charge in [-0.3, -0.25) is 4.68 Å². The average molecular weight is 224 g/mol. The fourth-order valence-corrected chi connectivity index (χ4v) is 2.21. The van der Waals surface area contributed by atoms with Gasteiger partial charge < -0.3 is 9.84 Å². The zero-order valence-electron chi connectivity index (χ0n) is 10.0. The first-order chi connectivity index (χ1) is 7.68. The van der Waals surface area contributed by atoms with Crippen LogP contribution < -0.4 is 0 Å². The van der Waals surface area contributed by atoms with Crippen molar-refractivity contribution in [3.8, 4) is 0 Å². The summed E-state index contributed by atoms with van der Waals surface area (Å²) in [5, 5.41) is 14.2. The molecule has 1 fully saturated rings. The molecule has 90 valence electrons. The highest BCUT2D eigenvalue weighted by atomic mass is 16.5. The summed E-state index contributed by atoms with van der Waals surface area (Å²) in [5.41, 5.74) is 1.99. The van der Waals surface area contributed by atoms with Crippen LogP contribution in [0.5, 0.6) is 0 Å². The molecule has 16 heavy (non-hydrogen) atoms. The van der Waals surface area contributed by atoms with E-state index in [1.54, 1.807) is 10.9 Å². The molecule has 0 aliphatic carbocycles. The number of hydrogen-bond acceptors (Lipinski definition) is 3. The van der Waals surface area contributed by atoms with Crippen LogP contribution in [0.15, 0.2) is 6.20 Å². The van der Waals surface area contributed by atoms with Crippen LogP contribution in [0.1, 0.15) is 43.0 Å². The van der Waals surface area contributed by atoms with Crippen molar-refractivity contribution in [2.45, 2.75) is 44.8 Å². The van der Waals surface area contributed by atoms with E-state index < -0.39 is 6.10 Å². The van der Waals surface area contributed by atoms with E-state index in [9.17, 15) is 5.11 Å². The summed E-state index contributed by atoms with van der Waals surface area (Å²) >= 11 is 0. The number of aromatic nitrogens is 2. The molecule has 1 N–H and O–H groups in total. The molecule has 4 nitrogen and oxygen atoms in total. The van der Waals surface area contributed by atoms with Crippen LogP contribution in [0.25, 0.3) is 0 Å². The van der Waals surface area contributed by atoms with Gasteiger partial charge in [-0.15, -0.1) is 0 Å². The summed E-state index contributed by atoms with van der Waals surface area (Å²) in [6, 6.07) is 0. The van der Waals surface area contributed by atoms with Crippen molar-refractivity contribution in [1.82, 2.24) is 9.78 Å². The third-order valence-corrected chi connectivity index (χ3v) is 3.42. The lowest BCUT2D eigenvalue weighted by Crippen LogP contribution is -2.08. The molecule has 0 amide bonds. The lowest BCUT2D eigenvalue weighted by Gasteiger charge is -2.13. The second-order valence-corrected chi connectivity index (χ2v) is 4.54. The third-order valence-electron chi connectivity index (χ3n) is 3.42. The summed E-state index contributed by atoms with van der Waals surface area (Å²) in [6.07, 6.45) is 5.71. The van der Waals surface area contributed by atoms with E-state index in [1.165, 1.54) is 0 Å². The van der Waals surface area contributed by atoms with Crippen molar-refractivity contribution in [1.29, 1.82) is 0 Å². The van der Waals surface area contributed by atoms with Gasteiger partial charge in [0, 0.05) is 24.9 Å². The molecule has 1 aromatic heterocycles. The molecule has 1 aliphatic rings. The molecule has 0 radical (unpaired) electrons. The first-order valence-corrected chi connectivity index (χ1v) is 5.96. The van der Waals surface area contributed by atoms with Gasteiger partial charge in [-0.2, -0.15) is 5.10 Å². The van der Waals surface area contributed by atoms with E-state index in [0.29, 0.717) is 6.10 Å². The Kier molecular flexibility index (Phi) is 3.61. The Morgan fingerprint density at radius 3 is 3.06 bits per heavy atom. The van der Waals surface area contributed by atoms with Crippen LogP contribution >= 0.6 is 0 Å². The number of aliphatic hydroxyl groups is 1. The SMILES string of the molecule is Cc1c(C(O)CCC2CCCO2)cnn1C. The summed E-state index contributed by atoms with van der Waals surface area (Å²) in [7, 11) is 1.89. The monoisotopic (exact) mass is 224 g/mol. The third kappa shape index (κ3) is 2.44. The standard InChI is InChI=1S/C12H20N2O2/c1-9-11(8-13-14(9)2)12(15)6-5-10-4-3-7-16-10/h8,10,12,15H,3-7H2,1-2H3. The zero-order chi connectivity index (χ0) is 11.5. The fraction of sp³-hybridized carbons (Fsp3) is 0.750. The Morgan fingerprint density at radius 1 is 1.69 bits per heavy atom. The van der Waals surface area contributed by atoms with Crippen molar-refractivity contribution in [2.75, 3.05) is 6.61 Å². The lowest BCUT2D eigenvalue weighted by molar-refractivity contribution is 0.0810. The maximum absolute atomic E-state index is 10.1. The molecule has 2 unspecified atom stereocenters. The Balaban J connectivity index is 1.87. The molecule has 2 heterocycles. The molecule has 0 bridgehead atoms. The molecule has 1 aliphatic heterocycles. The van der Waals surface area contributed by atoms with E-state index >= 15 is 0 Å². The quantitative estimate of drug-likeness (QED) is 0.847. The maximum atomic E-state index is 10.1. The topological polar surface area (TPSA) is 47.3 Å². The average Bonchev–Trinajstić information content (AvgIpc) is 2.88. The van der Waals surface area contributed by atoms with Gasteiger partial charge in [0.1, 0.15) is 0 Å². The van der Waals surface area contributed by atoms with Crippen LogP contribution in [0.4, 0.5) is 0 Å². The van der Waals surface area contributed by atoms with Crippen LogP contribution in [-0.2, 0) is 11.8 Å². The van der Waals surface area contributed by atoms with Crippen molar-refractivity contribution in [3.05, 3.63) is 17.5 Å². The van der Waals surface area contributed by atoms with Crippen molar-refractivity contribution < 1.29 is 9.84 Å². The molecule has 2 atom stereocenters. The van der Waals surface area contributed by atoms with E-state index in [1.807, 2.05) is 14.0 Å². The first-order valence-electron chi connectivity index (χ1n) is 5.96. The van der Waals surface area contributed by atoms with Gasteiger partial charge in [0.15, 0.2) is 0 Å². The van der Waals surface area contributed by atoms with Crippen LogP contribution in [-0.4, -0.2) is 27.6 Å². The molecule has 2 rings (SSSR count). The number of hydrogen-bond donors (Lipinski definition) is 1. The lowest BCUT2D eigenvalue weighted by atomic mass is 10.0. The Hall–Kier alpha value is -0.870. The molecule has 1 saturated heterocycles. The smallest absolute Gasteiger partial charge is 0.0824 e. The minimum Gasteiger partial charge on any atom is -0.388 e. The first kappa shape index (κ1) is 11.6. The van der Waals surface area contributed by atoms with Gasteiger partial charge in [0.25, 0.3) is 0 Å². The van der Waals surface area contributed by atoms with E-state index in [2.05, 4.69) is 5.10 Å². The van der Waals surface area contributed by atoms with Crippen molar-refractivity contribution in [3.63, 3.8) is 0 Å². The molecule has 0 saturated carbocycles. The van der Waals surface area contributed by atoms with Gasteiger partial charge in [-0.05, 0) is 32.6 Å². The largest absolute Gasteiger partial charge is 0.388 e. The maximum Gasteiger partial charge on any atom is 0.0824 e. The number of nitrogens with zero attached hydrogens (tertiary/aromatic N) is 2. The second-order valence-electron chi connectivity index (χ2n) is 4.54. The van der Waals surface area contributed by atoms with E-state index in [0.717, 1.165) is 43.5 Å². The Morgan fingerprint density at radius 2 is 2.50 bits per heavy atom. The van der Waals surface area contributed by atoms with Gasteiger partial charge >= 0.3 is 0 Å². The van der Waals surface area contributed by atoms with Crippen LogP contribution in [0.3, 0.4) is 0 Å². The summed E-state index contributed by atoms with van der Waals surface area (Å²) < 4.78 is 7.34. The number of aryl methyl sites for hydroxylation is 1. The molecular formula is C12H20N2O2. The molecule has 1 aromatic rings. The Labute approximate surface area is 96.2 Å². The molecule has 0 spiro atoms. The highest BCUT2D eigenvalue weighted by Gasteiger charge is 2.19. The summed E-state index contributed by atoms with van der Waals surface area (Å²) in [5.74, 6) is 0. The Bertz CT molecular complexity index is 343. The number of ether oxygens (including phenoxy) is 1. The van der Waals surface area contributed by atoms with Gasteiger partial charge in [0.05, 0.1) is 18.4 Å². The zero-order valence-corrected chi connectivity index (χ0v) is 10.0. The van der Waals surface area contributed by atoms with Gasteiger partial charge in [-0.25, -0.2) is 0 Å². The van der Waals surface area contributed by atoms with E-state index in [4.69, 9.17) is 4.74 Å². The summed E-state index contributed by atoms with van der Waals surface area (Å²) in [6.45, 7) is 2.87. The van der Waals surface area contributed by atoms with Crippen LogP contribution in [0.2, 0.25) is 0 Å². The normalized spacial score (nSPS) is 22.6. The van der Waals surface area contributed by atoms with E-state index in [-0.39, 0.29) is 0 Å². The highest BCUT2D eigenvalue weighted by Crippen LogP contribution is 2.25.